The molecule has 0 aromatic heterocycles. The van der Waals surface area contributed by atoms with Crippen LogP contribution in [0.3, 0.4) is 0 Å². The number of rotatable bonds is 4. The van der Waals surface area contributed by atoms with E-state index in [4.69, 9.17) is 16.3 Å². The molecule has 1 aromatic rings. The standard InChI is InChI=1S/C13H15ClO2/c1-16-13-6-5-10(8-11(13)14)12(15)7-9-3-2-4-9/h5-6,8-9H,2-4,7H2,1H3. The summed E-state index contributed by atoms with van der Waals surface area (Å²) >= 11 is 5.98. The lowest BCUT2D eigenvalue weighted by molar-refractivity contribution is 0.0936. The summed E-state index contributed by atoms with van der Waals surface area (Å²) in [6, 6.07) is 5.23. The van der Waals surface area contributed by atoms with Crippen LogP contribution in [0.25, 0.3) is 0 Å². The predicted molar refractivity (Wildman–Crippen MR) is 64.3 cm³/mol. The van der Waals surface area contributed by atoms with Crippen LogP contribution >= 0.6 is 11.6 Å². The second-order valence-electron chi connectivity index (χ2n) is 4.27. The molecule has 0 heterocycles. The van der Waals surface area contributed by atoms with Crippen molar-refractivity contribution >= 4 is 17.4 Å². The Morgan fingerprint density at radius 1 is 1.50 bits per heavy atom. The second-order valence-corrected chi connectivity index (χ2v) is 4.68. The van der Waals surface area contributed by atoms with Gasteiger partial charge in [0.2, 0.25) is 0 Å². The zero-order valence-corrected chi connectivity index (χ0v) is 10.1. The van der Waals surface area contributed by atoms with Crippen LogP contribution in [0.15, 0.2) is 18.2 Å². The number of ketones is 1. The Hall–Kier alpha value is -1.02. The van der Waals surface area contributed by atoms with Gasteiger partial charge in [-0.2, -0.15) is 0 Å². The number of methoxy groups -OCH3 is 1. The van der Waals surface area contributed by atoms with E-state index in [0.29, 0.717) is 28.7 Å². The molecule has 3 heteroatoms. The van der Waals surface area contributed by atoms with Gasteiger partial charge in [0.25, 0.3) is 0 Å². The molecule has 86 valence electrons. The summed E-state index contributed by atoms with van der Waals surface area (Å²) in [5.74, 6) is 1.39. The van der Waals surface area contributed by atoms with E-state index in [1.54, 1.807) is 25.3 Å². The molecule has 1 aliphatic carbocycles. The van der Waals surface area contributed by atoms with Gasteiger partial charge >= 0.3 is 0 Å². The van der Waals surface area contributed by atoms with E-state index >= 15 is 0 Å². The second kappa shape index (κ2) is 4.88. The van der Waals surface area contributed by atoms with Gasteiger partial charge in [0, 0.05) is 12.0 Å². The van der Waals surface area contributed by atoms with Crippen molar-refractivity contribution in [2.24, 2.45) is 5.92 Å². The third-order valence-corrected chi connectivity index (χ3v) is 3.47. The molecular formula is C13H15ClO2. The molecule has 0 unspecified atom stereocenters. The number of carbonyl (C=O) groups is 1. The van der Waals surface area contributed by atoms with Gasteiger partial charge in [-0.25, -0.2) is 0 Å². The van der Waals surface area contributed by atoms with E-state index < -0.39 is 0 Å². The van der Waals surface area contributed by atoms with Gasteiger partial charge in [0.05, 0.1) is 12.1 Å². The molecule has 0 spiro atoms. The highest BCUT2D eigenvalue weighted by Crippen LogP contribution is 2.31. The minimum Gasteiger partial charge on any atom is -0.495 e. The van der Waals surface area contributed by atoms with Gasteiger partial charge < -0.3 is 4.74 Å². The fraction of sp³-hybridized carbons (Fsp3) is 0.462. The molecule has 2 rings (SSSR count). The van der Waals surface area contributed by atoms with Crippen molar-refractivity contribution in [3.05, 3.63) is 28.8 Å². The first kappa shape index (κ1) is 11.5. The minimum absolute atomic E-state index is 0.189. The monoisotopic (exact) mass is 238 g/mol. The smallest absolute Gasteiger partial charge is 0.163 e. The molecule has 1 fully saturated rings. The topological polar surface area (TPSA) is 26.3 Å². The zero-order valence-electron chi connectivity index (χ0n) is 9.33. The number of benzene rings is 1. The molecule has 0 bridgehead atoms. The Labute approximate surface area is 101 Å². The van der Waals surface area contributed by atoms with Crippen LogP contribution < -0.4 is 4.74 Å². The first-order chi connectivity index (χ1) is 7.70. The Morgan fingerprint density at radius 2 is 2.25 bits per heavy atom. The normalized spacial score (nSPS) is 15.6. The number of hydrogen-bond acceptors (Lipinski definition) is 2. The summed E-state index contributed by atoms with van der Waals surface area (Å²) in [5.41, 5.74) is 0.692. The highest BCUT2D eigenvalue weighted by molar-refractivity contribution is 6.32. The van der Waals surface area contributed by atoms with Crippen molar-refractivity contribution in [1.29, 1.82) is 0 Å². The van der Waals surface area contributed by atoms with Gasteiger partial charge in [0.1, 0.15) is 5.75 Å². The fourth-order valence-electron chi connectivity index (χ4n) is 1.92. The molecule has 0 saturated heterocycles. The SMILES string of the molecule is COc1ccc(C(=O)CC2CCC2)cc1Cl. The molecule has 0 amide bonds. The quantitative estimate of drug-likeness (QED) is 0.748. The third-order valence-electron chi connectivity index (χ3n) is 3.17. The third kappa shape index (κ3) is 2.38. The molecule has 1 saturated carbocycles. The number of hydrogen-bond donors (Lipinski definition) is 0. The van der Waals surface area contributed by atoms with E-state index in [1.807, 2.05) is 0 Å². The number of carbonyl (C=O) groups excluding carboxylic acids is 1. The van der Waals surface area contributed by atoms with Gasteiger partial charge in [-0.1, -0.05) is 30.9 Å². The van der Waals surface area contributed by atoms with E-state index in [-0.39, 0.29) is 5.78 Å². The van der Waals surface area contributed by atoms with Gasteiger partial charge in [-0.3, -0.25) is 4.79 Å². The lowest BCUT2D eigenvalue weighted by Crippen LogP contribution is -2.15. The van der Waals surface area contributed by atoms with Gasteiger partial charge in [-0.15, -0.1) is 0 Å². The van der Waals surface area contributed by atoms with Gasteiger partial charge in [0.15, 0.2) is 5.78 Å². The summed E-state index contributed by atoms with van der Waals surface area (Å²) in [5, 5.41) is 0.502. The summed E-state index contributed by atoms with van der Waals surface area (Å²) in [6.45, 7) is 0. The average Bonchev–Trinajstić information content (AvgIpc) is 2.23. The van der Waals surface area contributed by atoms with Crippen molar-refractivity contribution in [2.45, 2.75) is 25.7 Å². The molecule has 16 heavy (non-hydrogen) atoms. The highest BCUT2D eigenvalue weighted by Gasteiger charge is 2.21. The van der Waals surface area contributed by atoms with Crippen molar-refractivity contribution in [1.82, 2.24) is 0 Å². The predicted octanol–water partition coefficient (Wildman–Crippen LogP) is 3.72. The summed E-state index contributed by atoms with van der Waals surface area (Å²) in [6.07, 6.45) is 4.30. The van der Waals surface area contributed by atoms with Crippen LogP contribution in [0, 0.1) is 5.92 Å². The fourth-order valence-corrected chi connectivity index (χ4v) is 2.17. The van der Waals surface area contributed by atoms with Crippen LogP contribution in [0.4, 0.5) is 0 Å². The Bertz CT molecular complexity index is 397. The number of Topliss-reactive ketones (excluding diaryl/α,β-unsaturated/α-hetero) is 1. The average molecular weight is 239 g/mol. The molecule has 0 N–H and O–H groups in total. The first-order valence-electron chi connectivity index (χ1n) is 5.57. The minimum atomic E-state index is 0.189. The van der Waals surface area contributed by atoms with Crippen LogP contribution in [0.1, 0.15) is 36.0 Å². The zero-order chi connectivity index (χ0) is 11.5. The molecule has 0 atom stereocenters. The Morgan fingerprint density at radius 3 is 2.75 bits per heavy atom. The number of halogens is 1. The van der Waals surface area contributed by atoms with E-state index in [1.165, 1.54) is 19.3 Å². The molecule has 0 radical (unpaired) electrons. The summed E-state index contributed by atoms with van der Waals surface area (Å²) < 4.78 is 5.05. The van der Waals surface area contributed by atoms with Crippen molar-refractivity contribution in [3.8, 4) is 5.75 Å². The molecule has 2 nitrogen and oxygen atoms in total. The van der Waals surface area contributed by atoms with Gasteiger partial charge in [-0.05, 0) is 24.1 Å². The largest absolute Gasteiger partial charge is 0.495 e. The van der Waals surface area contributed by atoms with Crippen LogP contribution in [-0.2, 0) is 0 Å². The molecule has 1 aliphatic rings. The van der Waals surface area contributed by atoms with Crippen molar-refractivity contribution < 1.29 is 9.53 Å². The van der Waals surface area contributed by atoms with Crippen LogP contribution in [0.2, 0.25) is 5.02 Å². The van der Waals surface area contributed by atoms with E-state index in [9.17, 15) is 4.79 Å². The van der Waals surface area contributed by atoms with E-state index in [0.717, 1.165) is 0 Å². The Kier molecular flexibility index (Phi) is 3.49. The molecular weight excluding hydrogens is 224 g/mol. The van der Waals surface area contributed by atoms with E-state index in [2.05, 4.69) is 0 Å². The van der Waals surface area contributed by atoms with Crippen molar-refractivity contribution in [2.75, 3.05) is 7.11 Å². The maximum atomic E-state index is 11.9. The highest BCUT2D eigenvalue weighted by atomic mass is 35.5. The van der Waals surface area contributed by atoms with Crippen molar-refractivity contribution in [3.63, 3.8) is 0 Å². The lowest BCUT2D eigenvalue weighted by atomic mass is 9.81. The molecule has 1 aromatic carbocycles. The summed E-state index contributed by atoms with van der Waals surface area (Å²) in [4.78, 5) is 11.9. The maximum absolute atomic E-state index is 11.9. The maximum Gasteiger partial charge on any atom is 0.163 e. The summed E-state index contributed by atoms with van der Waals surface area (Å²) in [7, 11) is 1.57. The Balaban J connectivity index is 2.07. The first-order valence-corrected chi connectivity index (χ1v) is 5.95. The molecule has 0 aliphatic heterocycles. The van der Waals surface area contributed by atoms with Crippen LogP contribution in [-0.4, -0.2) is 12.9 Å². The van der Waals surface area contributed by atoms with Crippen LogP contribution in [0.5, 0.6) is 5.75 Å². The lowest BCUT2D eigenvalue weighted by Gasteiger charge is -2.24. The number of ether oxygens (including phenoxy) is 1.